The van der Waals surface area contributed by atoms with Gasteiger partial charge in [0, 0.05) is 29.6 Å². The van der Waals surface area contributed by atoms with Gasteiger partial charge in [0.1, 0.15) is 17.0 Å². The van der Waals surface area contributed by atoms with Gasteiger partial charge in [0.05, 0.1) is 24.6 Å². The third kappa shape index (κ3) is 4.14. The number of aromatic nitrogens is 1. The molecule has 0 saturated carbocycles. The number of furan rings is 2. The lowest BCUT2D eigenvalue weighted by atomic mass is 10.1. The van der Waals surface area contributed by atoms with Crippen molar-refractivity contribution in [1.82, 2.24) is 4.57 Å². The Bertz CT molecular complexity index is 1790. The minimum absolute atomic E-state index is 0.0602. The summed E-state index contributed by atoms with van der Waals surface area (Å²) in [6.45, 7) is 2.52. The van der Waals surface area contributed by atoms with Gasteiger partial charge in [-0.3, -0.25) is 9.59 Å². The average molecular weight is 505 g/mol. The standard InChI is InChI=1S/C31H24N2O5/c1-19-7-9-20(10-8-19)18-33-24-15-16-37-27(24)17-25(33)31(35)32-28-23-5-3-4-6-26(23)38-30(28)29(34)21-11-13-22(36-2)14-12-21/h3-17H,18H2,1-2H3,(H,32,35). The number of aryl methyl sites for hydroxylation is 1. The monoisotopic (exact) mass is 504 g/mol. The molecule has 7 heteroatoms. The summed E-state index contributed by atoms with van der Waals surface area (Å²) >= 11 is 0. The number of anilines is 1. The van der Waals surface area contributed by atoms with E-state index in [1.54, 1.807) is 49.8 Å². The molecule has 0 fully saturated rings. The number of rotatable bonds is 7. The Kier molecular flexibility index (Phi) is 5.81. The van der Waals surface area contributed by atoms with Crippen LogP contribution in [-0.4, -0.2) is 23.4 Å². The highest BCUT2D eigenvalue weighted by molar-refractivity contribution is 6.19. The number of methoxy groups -OCH3 is 1. The second kappa shape index (κ2) is 9.44. The highest BCUT2D eigenvalue weighted by Gasteiger charge is 2.26. The van der Waals surface area contributed by atoms with E-state index >= 15 is 0 Å². The number of ketones is 1. The topological polar surface area (TPSA) is 86.6 Å². The van der Waals surface area contributed by atoms with Gasteiger partial charge in [0.2, 0.25) is 5.78 Å². The van der Waals surface area contributed by atoms with Gasteiger partial charge in [0.25, 0.3) is 5.91 Å². The molecule has 3 aromatic heterocycles. The van der Waals surface area contributed by atoms with Crippen LogP contribution in [0.3, 0.4) is 0 Å². The molecular formula is C31H24N2O5. The number of nitrogens with zero attached hydrogens (tertiary/aromatic N) is 1. The number of para-hydroxylation sites is 1. The minimum atomic E-state index is -0.376. The first-order valence-corrected chi connectivity index (χ1v) is 12.2. The fourth-order valence-corrected chi connectivity index (χ4v) is 4.59. The van der Waals surface area contributed by atoms with Crippen molar-refractivity contribution in [2.45, 2.75) is 13.5 Å². The Labute approximate surface area is 218 Å². The van der Waals surface area contributed by atoms with Gasteiger partial charge < -0.3 is 23.5 Å². The molecule has 0 spiro atoms. The van der Waals surface area contributed by atoms with Crippen LogP contribution in [0.25, 0.3) is 22.1 Å². The molecule has 1 amide bonds. The normalized spacial score (nSPS) is 11.2. The number of carbonyl (C=O) groups excluding carboxylic acids is 2. The third-order valence-electron chi connectivity index (χ3n) is 6.61. The molecule has 7 nitrogen and oxygen atoms in total. The first-order chi connectivity index (χ1) is 18.5. The Balaban J connectivity index is 1.39. The summed E-state index contributed by atoms with van der Waals surface area (Å²) in [6.07, 6.45) is 1.60. The van der Waals surface area contributed by atoms with Crippen LogP contribution >= 0.6 is 0 Å². The van der Waals surface area contributed by atoms with Crippen molar-refractivity contribution in [2.75, 3.05) is 12.4 Å². The summed E-state index contributed by atoms with van der Waals surface area (Å²) in [5, 5.41) is 3.61. The predicted octanol–water partition coefficient (Wildman–Crippen LogP) is 6.83. The molecule has 0 aliphatic carbocycles. The smallest absolute Gasteiger partial charge is 0.272 e. The van der Waals surface area contributed by atoms with E-state index in [1.165, 1.54) is 0 Å². The highest BCUT2D eigenvalue weighted by Crippen LogP contribution is 2.34. The molecule has 1 N–H and O–H groups in total. The summed E-state index contributed by atoms with van der Waals surface area (Å²) in [6, 6.07) is 25.7. The zero-order valence-corrected chi connectivity index (χ0v) is 20.9. The molecule has 6 aromatic rings. The first kappa shape index (κ1) is 23.4. The van der Waals surface area contributed by atoms with E-state index in [0.717, 1.165) is 16.6 Å². The number of hydrogen-bond donors (Lipinski definition) is 1. The number of benzene rings is 3. The average Bonchev–Trinajstić information content (AvgIpc) is 3.64. The molecule has 3 heterocycles. The van der Waals surface area contributed by atoms with E-state index in [-0.39, 0.29) is 17.5 Å². The molecule has 6 rings (SSSR count). The molecule has 188 valence electrons. The molecule has 0 aliphatic heterocycles. The van der Waals surface area contributed by atoms with E-state index in [0.29, 0.717) is 45.8 Å². The third-order valence-corrected chi connectivity index (χ3v) is 6.61. The van der Waals surface area contributed by atoms with Crippen LogP contribution in [0, 0.1) is 6.92 Å². The Morgan fingerprint density at radius 1 is 0.921 bits per heavy atom. The van der Waals surface area contributed by atoms with Gasteiger partial charge >= 0.3 is 0 Å². The van der Waals surface area contributed by atoms with Crippen LogP contribution in [0.4, 0.5) is 5.69 Å². The van der Waals surface area contributed by atoms with E-state index in [9.17, 15) is 9.59 Å². The number of carbonyl (C=O) groups is 2. The van der Waals surface area contributed by atoms with E-state index < -0.39 is 0 Å². The molecule has 0 aliphatic rings. The summed E-state index contributed by atoms with van der Waals surface area (Å²) in [4.78, 5) is 27.2. The molecular weight excluding hydrogens is 480 g/mol. The lowest BCUT2D eigenvalue weighted by Crippen LogP contribution is -2.19. The second-order valence-corrected chi connectivity index (χ2v) is 9.09. The summed E-state index contributed by atoms with van der Waals surface area (Å²) in [5.74, 6) is -0.0230. The molecule has 38 heavy (non-hydrogen) atoms. The van der Waals surface area contributed by atoms with Gasteiger partial charge in [-0.2, -0.15) is 0 Å². The van der Waals surface area contributed by atoms with Gasteiger partial charge in [-0.1, -0.05) is 42.0 Å². The van der Waals surface area contributed by atoms with Crippen molar-refractivity contribution >= 4 is 39.4 Å². The lowest BCUT2D eigenvalue weighted by molar-refractivity contribution is 0.101. The maximum Gasteiger partial charge on any atom is 0.272 e. The second-order valence-electron chi connectivity index (χ2n) is 9.09. The van der Waals surface area contributed by atoms with Crippen molar-refractivity contribution in [3.63, 3.8) is 0 Å². The molecule has 3 aromatic carbocycles. The van der Waals surface area contributed by atoms with Gasteiger partial charge in [-0.05, 0) is 48.9 Å². The molecule has 0 saturated heterocycles. The molecule has 0 bridgehead atoms. The van der Waals surface area contributed by atoms with Crippen molar-refractivity contribution in [3.8, 4) is 5.75 Å². The summed E-state index contributed by atoms with van der Waals surface area (Å²) in [5.41, 5.74) is 5.28. The Morgan fingerprint density at radius 3 is 2.45 bits per heavy atom. The number of amides is 1. The minimum Gasteiger partial charge on any atom is -0.497 e. The largest absolute Gasteiger partial charge is 0.497 e. The van der Waals surface area contributed by atoms with Crippen molar-refractivity contribution in [1.29, 1.82) is 0 Å². The lowest BCUT2D eigenvalue weighted by Gasteiger charge is -2.11. The Morgan fingerprint density at radius 2 is 1.68 bits per heavy atom. The maximum atomic E-state index is 13.7. The zero-order chi connectivity index (χ0) is 26.2. The van der Waals surface area contributed by atoms with E-state index in [2.05, 4.69) is 5.32 Å². The molecule has 0 radical (unpaired) electrons. The van der Waals surface area contributed by atoms with Crippen molar-refractivity contribution < 1.29 is 23.2 Å². The SMILES string of the molecule is COc1ccc(C(=O)c2oc3ccccc3c2NC(=O)c2cc3occc3n2Cc2ccc(C)cc2)cc1. The number of hydrogen-bond acceptors (Lipinski definition) is 5. The van der Waals surface area contributed by atoms with Gasteiger partial charge in [-0.25, -0.2) is 0 Å². The van der Waals surface area contributed by atoms with Gasteiger partial charge in [-0.15, -0.1) is 0 Å². The maximum absolute atomic E-state index is 13.7. The Hall–Kier alpha value is -5.04. The van der Waals surface area contributed by atoms with E-state index in [1.807, 2.05) is 60.0 Å². The molecule has 0 unspecified atom stereocenters. The van der Waals surface area contributed by atoms with Crippen molar-refractivity contribution in [2.24, 2.45) is 0 Å². The summed E-state index contributed by atoms with van der Waals surface area (Å²) in [7, 11) is 1.56. The quantitative estimate of drug-likeness (QED) is 0.241. The summed E-state index contributed by atoms with van der Waals surface area (Å²) < 4.78 is 18.7. The fourth-order valence-electron chi connectivity index (χ4n) is 4.59. The first-order valence-electron chi connectivity index (χ1n) is 12.2. The molecule has 0 atom stereocenters. The van der Waals surface area contributed by atoms with Crippen LogP contribution in [-0.2, 0) is 6.54 Å². The van der Waals surface area contributed by atoms with E-state index in [4.69, 9.17) is 13.6 Å². The van der Waals surface area contributed by atoms with Crippen LogP contribution in [0.1, 0.15) is 37.7 Å². The van der Waals surface area contributed by atoms with Gasteiger partial charge in [0.15, 0.2) is 11.3 Å². The van der Waals surface area contributed by atoms with Crippen molar-refractivity contribution in [3.05, 3.63) is 119 Å². The van der Waals surface area contributed by atoms with Crippen LogP contribution in [0.2, 0.25) is 0 Å². The van der Waals surface area contributed by atoms with Crippen LogP contribution in [0.5, 0.6) is 5.75 Å². The van der Waals surface area contributed by atoms with Crippen LogP contribution < -0.4 is 10.1 Å². The highest BCUT2D eigenvalue weighted by atomic mass is 16.5. The fraction of sp³-hybridized carbons (Fsp3) is 0.0968. The number of nitrogens with one attached hydrogen (secondary N) is 1. The zero-order valence-electron chi connectivity index (χ0n) is 20.9. The predicted molar refractivity (Wildman–Crippen MR) is 145 cm³/mol. The number of fused-ring (bicyclic) bond motifs is 2. The van der Waals surface area contributed by atoms with Crippen LogP contribution in [0.15, 0.2) is 100 Å². The number of ether oxygens (including phenoxy) is 1.